The third kappa shape index (κ3) is 6.58. The molecule has 0 aliphatic carbocycles. The van der Waals surface area contributed by atoms with Crippen LogP contribution in [0.15, 0.2) is 24.3 Å². The average molecular weight is 340 g/mol. The molecule has 0 radical (unpaired) electrons. The van der Waals surface area contributed by atoms with Crippen molar-refractivity contribution in [1.82, 2.24) is 10.2 Å². The normalized spacial score (nSPS) is 14.6. The number of amides is 2. The monoisotopic (exact) mass is 340 g/mol. The Morgan fingerprint density at radius 1 is 1.17 bits per heavy atom. The van der Waals surface area contributed by atoms with Crippen LogP contribution in [0.5, 0.6) is 0 Å². The molecule has 1 fully saturated rings. The first kappa shape index (κ1) is 17.7. The Bertz CT molecular complexity index is 519. The number of nitrogens with zero attached hydrogens (tertiary/aromatic N) is 1. The summed E-state index contributed by atoms with van der Waals surface area (Å²) in [6.45, 7) is 2.93. The number of carbonyl (C=O) groups excluding carboxylic acids is 2. The number of carbonyl (C=O) groups is 2. The van der Waals surface area contributed by atoms with Gasteiger partial charge in [-0.3, -0.25) is 9.59 Å². The number of morpholine rings is 1. The predicted molar refractivity (Wildman–Crippen MR) is 87.8 cm³/mol. The summed E-state index contributed by atoms with van der Waals surface area (Å²) >= 11 is 1.32. The Morgan fingerprint density at radius 3 is 2.57 bits per heavy atom. The maximum absolute atomic E-state index is 12.8. The van der Waals surface area contributed by atoms with Gasteiger partial charge in [-0.15, -0.1) is 11.8 Å². The van der Waals surface area contributed by atoms with Crippen LogP contribution in [0, 0.1) is 5.82 Å². The zero-order chi connectivity index (χ0) is 16.5. The predicted octanol–water partition coefficient (Wildman–Crippen LogP) is 1.08. The van der Waals surface area contributed by atoms with Crippen LogP contribution < -0.4 is 5.32 Å². The molecule has 126 valence electrons. The Balaban J connectivity index is 1.56. The van der Waals surface area contributed by atoms with Gasteiger partial charge < -0.3 is 15.0 Å². The second-order valence-corrected chi connectivity index (χ2v) is 6.20. The summed E-state index contributed by atoms with van der Waals surface area (Å²) in [7, 11) is 0. The molecule has 1 saturated heterocycles. The molecule has 0 aromatic heterocycles. The lowest BCUT2D eigenvalue weighted by Gasteiger charge is -2.26. The molecular weight excluding hydrogens is 319 g/mol. The van der Waals surface area contributed by atoms with Gasteiger partial charge in [-0.2, -0.15) is 0 Å². The molecule has 2 amide bonds. The van der Waals surface area contributed by atoms with E-state index in [9.17, 15) is 14.0 Å². The van der Waals surface area contributed by atoms with Crippen molar-refractivity contribution in [3.63, 3.8) is 0 Å². The number of ether oxygens (including phenoxy) is 1. The third-order valence-electron chi connectivity index (χ3n) is 3.47. The zero-order valence-electron chi connectivity index (χ0n) is 12.9. The first-order valence-corrected chi connectivity index (χ1v) is 8.75. The van der Waals surface area contributed by atoms with Gasteiger partial charge >= 0.3 is 0 Å². The summed E-state index contributed by atoms with van der Waals surface area (Å²) in [5.41, 5.74) is 0.974. The molecule has 0 saturated carbocycles. The molecule has 0 atom stereocenters. The summed E-state index contributed by atoms with van der Waals surface area (Å²) in [4.78, 5) is 25.4. The maximum atomic E-state index is 12.8. The van der Waals surface area contributed by atoms with Crippen LogP contribution in [0.2, 0.25) is 0 Å². The lowest BCUT2D eigenvalue weighted by Crippen LogP contribution is -2.41. The van der Waals surface area contributed by atoms with Crippen LogP contribution in [0.25, 0.3) is 0 Å². The van der Waals surface area contributed by atoms with Crippen molar-refractivity contribution < 1.29 is 18.7 Å². The van der Waals surface area contributed by atoms with Gasteiger partial charge in [0, 0.05) is 19.6 Å². The summed E-state index contributed by atoms with van der Waals surface area (Å²) in [6, 6.07) is 6.23. The third-order valence-corrected chi connectivity index (χ3v) is 4.39. The standard InChI is InChI=1S/C16H21FN2O3S/c17-14-3-1-13(2-4-14)5-6-18-15(20)11-23-12-16(21)19-7-9-22-10-8-19/h1-4H,5-12H2,(H,18,20). The number of hydrogen-bond acceptors (Lipinski definition) is 4. The maximum Gasteiger partial charge on any atom is 0.232 e. The number of nitrogens with one attached hydrogen (secondary N) is 1. The van der Waals surface area contributed by atoms with Gasteiger partial charge in [-0.05, 0) is 24.1 Å². The van der Waals surface area contributed by atoms with E-state index in [1.54, 1.807) is 17.0 Å². The van der Waals surface area contributed by atoms with Crippen molar-refractivity contribution in [1.29, 1.82) is 0 Å². The van der Waals surface area contributed by atoms with E-state index in [1.807, 2.05) is 0 Å². The van der Waals surface area contributed by atoms with Crippen LogP contribution in [0.4, 0.5) is 4.39 Å². The fourth-order valence-corrected chi connectivity index (χ4v) is 2.93. The SMILES string of the molecule is O=C(CSCC(=O)N1CCOCC1)NCCc1ccc(F)cc1. The minimum Gasteiger partial charge on any atom is -0.378 e. The molecular formula is C16H21FN2O3S. The van der Waals surface area contributed by atoms with E-state index in [-0.39, 0.29) is 23.4 Å². The molecule has 0 spiro atoms. The summed E-state index contributed by atoms with van der Waals surface area (Å²) in [5.74, 6) is 0.272. The lowest BCUT2D eigenvalue weighted by atomic mass is 10.1. The minimum atomic E-state index is -0.265. The highest BCUT2D eigenvalue weighted by molar-refractivity contribution is 8.00. The summed E-state index contributed by atoms with van der Waals surface area (Å²) < 4.78 is 18.0. The highest BCUT2D eigenvalue weighted by atomic mass is 32.2. The van der Waals surface area contributed by atoms with Gasteiger partial charge in [0.05, 0.1) is 24.7 Å². The van der Waals surface area contributed by atoms with E-state index in [2.05, 4.69) is 5.32 Å². The molecule has 2 rings (SSSR count). The number of hydrogen-bond donors (Lipinski definition) is 1. The fraction of sp³-hybridized carbons (Fsp3) is 0.500. The van der Waals surface area contributed by atoms with Crippen LogP contribution in [-0.2, 0) is 20.7 Å². The number of halogens is 1. The van der Waals surface area contributed by atoms with Gasteiger partial charge in [-0.1, -0.05) is 12.1 Å². The van der Waals surface area contributed by atoms with Crippen LogP contribution in [0.1, 0.15) is 5.56 Å². The van der Waals surface area contributed by atoms with Gasteiger partial charge in [0.2, 0.25) is 11.8 Å². The van der Waals surface area contributed by atoms with Crippen molar-refractivity contribution in [3.8, 4) is 0 Å². The molecule has 5 nitrogen and oxygen atoms in total. The van der Waals surface area contributed by atoms with Crippen molar-refractivity contribution in [2.24, 2.45) is 0 Å². The molecule has 1 heterocycles. The Kier molecular flexibility index (Phi) is 7.35. The van der Waals surface area contributed by atoms with Gasteiger partial charge in [0.1, 0.15) is 5.82 Å². The topological polar surface area (TPSA) is 58.6 Å². The fourth-order valence-electron chi connectivity index (χ4n) is 2.18. The van der Waals surface area contributed by atoms with E-state index in [1.165, 1.54) is 23.9 Å². The quantitative estimate of drug-likeness (QED) is 0.807. The average Bonchev–Trinajstić information content (AvgIpc) is 2.57. The summed E-state index contributed by atoms with van der Waals surface area (Å²) in [5, 5.41) is 2.80. The van der Waals surface area contributed by atoms with Crippen LogP contribution in [-0.4, -0.2) is 61.1 Å². The largest absolute Gasteiger partial charge is 0.378 e. The highest BCUT2D eigenvalue weighted by Gasteiger charge is 2.16. The smallest absolute Gasteiger partial charge is 0.232 e. The minimum absolute atomic E-state index is 0.0532. The number of rotatable bonds is 7. The van der Waals surface area contributed by atoms with Crippen LogP contribution >= 0.6 is 11.8 Å². The first-order chi connectivity index (χ1) is 11.1. The van der Waals surface area contributed by atoms with Crippen molar-refractivity contribution in [2.75, 3.05) is 44.4 Å². The zero-order valence-corrected chi connectivity index (χ0v) is 13.7. The molecule has 23 heavy (non-hydrogen) atoms. The summed E-state index contributed by atoms with van der Waals surface area (Å²) in [6.07, 6.45) is 0.656. The number of thioether (sulfide) groups is 1. The molecule has 1 aliphatic heterocycles. The Morgan fingerprint density at radius 2 is 1.87 bits per heavy atom. The molecule has 1 N–H and O–H groups in total. The molecule has 1 aromatic carbocycles. The van der Waals surface area contributed by atoms with Crippen molar-refractivity contribution >= 4 is 23.6 Å². The second-order valence-electron chi connectivity index (χ2n) is 5.21. The van der Waals surface area contributed by atoms with Gasteiger partial charge in [0.25, 0.3) is 0 Å². The molecule has 1 aromatic rings. The van der Waals surface area contributed by atoms with E-state index >= 15 is 0 Å². The Labute approximate surface area is 139 Å². The van der Waals surface area contributed by atoms with E-state index in [4.69, 9.17) is 4.74 Å². The molecule has 0 unspecified atom stereocenters. The second kappa shape index (κ2) is 9.52. The van der Waals surface area contributed by atoms with Gasteiger partial charge in [-0.25, -0.2) is 4.39 Å². The molecule has 0 bridgehead atoms. The molecule has 7 heteroatoms. The van der Waals surface area contributed by atoms with E-state index in [0.29, 0.717) is 45.0 Å². The van der Waals surface area contributed by atoms with E-state index in [0.717, 1.165) is 5.56 Å². The first-order valence-electron chi connectivity index (χ1n) is 7.59. The van der Waals surface area contributed by atoms with E-state index < -0.39 is 0 Å². The van der Waals surface area contributed by atoms with Crippen LogP contribution in [0.3, 0.4) is 0 Å². The highest BCUT2D eigenvalue weighted by Crippen LogP contribution is 2.05. The number of benzene rings is 1. The van der Waals surface area contributed by atoms with Gasteiger partial charge in [0.15, 0.2) is 0 Å². The van der Waals surface area contributed by atoms with Crippen molar-refractivity contribution in [2.45, 2.75) is 6.42 Å². The molecule has 1 aliphatic rings. The lowest BCUT2D eigenvalue weighted by molar-refractivity contribution is -0.132. The van der Waals surface area contributed by atoms with Crippen molar-refractivity contribution in [3.05, 3.63) is 35.6 Å². The Hall–Kier alpha value is -1.60.